The highest BCUT2D eigenvalue weighted by molar-refractivity contribution is 7.99. The molecule has 0 saturated heterocycles. The van der Waals surface area contributed by atoms with Crippen LogP contribution in [0.25, 0.3) is 0 Å². The lowest BCUT2D eigenvalue weighted by Crippen LogP contribution is -2.13. The molecule has 0 saturated carbocycles. The molecule has 0 aliphatic heterocycles. The van der Waals surface area contributed by atoms with Gasteiger partial charge in [0.25, 0.3) is 0 Å². The SMILES string of the molecule is Cc1cnc(NC(=O)CSc2nc(Cc3ccccc3)c(C)[nH]2)s1. The molecular formula is C17H18N4OS2. The number of carbonyl (C=O) groups excluding carboxylic acids is 1. The maximum absolute atomic E-state index is 12.0. The van der Waals surface area contributed by atoms with Gasteiger partial charge in [0.1, 0.15) is 0 Å². The van der Waals surface area contributed by atoms with Gasteiger partial charge in [-0.15, -0.1) is 11.3 Å². The van der Waals surface area contributed by atoms with Gasteiger partial charge in [0.2, 0.25) is 5.91 Å². The molecule has 2 aromatic heterocycles. The van der Waals surface area contributed by atoms with Gasteiger partial charge < -0.3 is 10.3 Å². The van der Waals surface area contributed by atoms with E-state index in [1.165, 1.54) is 28.7 Å². The number of hydrogen-bond donors (Lipinski definition) is 2. The summed E-state index contributed by atoms with van der Waals surface area (Å²) in [4.78, 5) is 25.0. The van der Waals surface area contributed by atoms with Gasteiger partial charge in [0.05, 0.1) is 11.4 Å². The van der Waals surface area contributed by atoms with Crippen LogP contribution in [0.15, 0.2) is 41.7 Å². The number of anilines is 1. The number of aromatic nitrogens is 3. The van der Waals surface area contributed by atoms with Crippen LogP contribution in [0.4, 0.5) is 5.13 Å². The van der Waals surface area contributed by atoms with Gasteiger partial charge in [-0.2, -0.15) is 0 Å². The van der Waals surface area contributed by atoms with Gasteiger partial charge >= 0.3 is 0 Å². The molecule has 0 bridgehead atoms. The number of thioether (sulfide) groups is 1. The van der Waals surface area contributed by atoms with E-state index in [0.717, 1.165) is 27.8 Å². The Morgan fingerprint density at radius 3 is 2.79 bits per heavy atom. The zero-order valence-electron chi connectivity index (χ0n) is 13.5. The van der Waals surface area contributed by atoms with Crippen molar-refractivity contribution in [1.29, 1.82) is 0 Å². The molecule has 124 valence electrons. The van der Waals surface area contributed by atoms with E-state index in [1.807, 2.05) is 32.0 Å². The van der Waals surface area contributed by atoms with Crippen LogP contribution in [0.5, 0.6) is 0 Å². The number of H-pyrrole nitrogens is 1. The summed E-state index contributed by atoms with van der Waals surface area (Å²) in [5.41, 5.74) is 3.28. The summed E-state index contributed by atoms with van der Waals surface area (Å²) in [6, 6.07) is 10.2. The van der Waals surface area contributed by atoms with E-state index >= 15 is 0 Å². The average molecular weight is 358 g/mol. The van der Waals surface area contributed by atoms with Crippen molar-refractivity contribution in [1.82, 2.24) is 15.0 Å². The lowest BCUT2D eigenvalue weighted by Gasteiger charge is -1.99. The van der Waals surface area contributed by atoms with Gasteiger partial charge in [-0.3, -0.25) is 4.79 Å². The first-order valence-electron chi connectivity index (χ1n) is 7.54. The highest BCUT2D eigenvalue weighted by Crippen LogP contribution is 2.20. The highest BCUT2D eigenvalue weighted by atomic mass is 32.2. The molecule has 3 rings (SSSR count). The minimum Gasteiger partial charge on any atom is -0.337 e. The Kier molecular flexibility index (Phi) is 5.32. The summed E-state index contributed by atoms with van der Waals surface area (Å²) in [5, 5.41) is 4.21. The summed E-state index contributed by atoms with van der Waals surface area (Å²) >= 11 is 2.87. The summed E-state index contributed by atoms with van der Waals surface area (Å²) in [7, 11) is 0. The van der Waals surface area contributed by atoms with Crippen LogP contribution in [-0.2, 0) is 11.2 Å². The van der Waals surface area contributed by atoms with Gasteiger partial charge in [-0.05, 0) is 19.4 Å². The van der Waals surface area contributed by atoms with E-state index in [1.54, 1.807) is 6.20 Å². The number of amides is 1. The van der Waals surface area contributed by atoms with E-state index in [9.17, 15) is 4.79 Å². The lowest BCUT2D eigenvalue weighted by molar-refractivity contribution is -0.113. The van der Waals surface area contributed by atoms with E-state index in [4.69, 9.17) is 0 Å². The minimum atomic E-state index is -0.0759. The summed E-state index contributed by atoms with van der Waals surface area (Å²) in [6.07, 6.45) is 2.54. The molecule has 3 aromatic rings. The van der Waals surface area contributed by atoms with Crippen molar-refractivity contribution in [2.75, 3.05) is 11.1 Å². The van der Waals surface area contributed by atoms with E-state index in [2.05, 4.69) is 32.4 Å². The molecule has 0 atom stereocenters. The fourth-order valence-electron chi connectivity index (χ4n) is 2.20. The largest absolute Gasteiger partial charge is 0.337 e. The highest BCUT2D eigenvalue weighted by Gasteiger charge is 2.11. The fraction of sp³-hybridized carbons (Fsp3) is 0.235. The second-order valence-corrected chi connectivity index (χ2v) is 7.59. The lowest BCUT2D eigenvalue weighted by atomic mass is 10.1. The molecule has 1 amide bonds. The topological polar surface area (TPSA) is 70.7 Å². The fourth-order valence-corrected chi connectivity index (χ4v) is 3.62. The number of rotatable bonds is 6. The zero-order valence-corrected chi connectivity index (χ0v) is 15.1. The predicted molar refractivity (Wildman–Crippen MR) is 98.8 cm³/mol. The number of carbonyl (C=O) groups is 1. The molecule has 24 heavy (non-hydrogen) atoms. The Labute approximate surface area is 148 Å². The van der Waals surface area contributed by atoms with Crippen LogP contribution in [0, 0.1) is 13.8 Å². The molecule has 1 aromatic carbocycles. The van der Waals surface area contributed by atoms with E-state index < -0.39 is 0 Å². The second-order valence-electron chi connectivity index (χ2n) is 5.39. The normalized spacial score (nSPS) is 10.8. The number of nitrogens with one attached hydrogen (secondary N) is 2. The molecular weight excluding hydrogens is 340 g/mol. The third kappa shape index (κ3) is 4.46. The van der Waals surface area contributed by atoms with Crippen LogP contribution in [-0.4, -0.2) is 26.6 Å². The Hall–Kier alpha value is -2.12. The van der Waals surface area contributed by atoms with Crippen LogP contribution in [0.1, 0.15) is 21.8 Å². The molecule has 0 radical (unpaired) electrons. The van der Waals surface area contributed by atoms with Crippen molar-refractivity contribution in [2.24, 2.45) is 0 Å². The number of aromatic amines is 1. The van der Waals surface area contributed by atoms with E-state index in [0.29, 0.717) is 10.9 Å². The van der Waals surface area contributed by atoms with Crippen LogP contribution >= 0.6 is 23.1 Å². The smallest absolute Gasteiger partial charge is 0.236 e. The number of hydrogen-bond acceptors (Lipinski definition) is 5. The standard InChI is InChI=1S/C17H18N4OS2/c1-11-9-18-16(24-11)21-15(22)10-23-17-19-12(2)14(20-17)8-13-6-4-3-5-7-13/h3-7,9H,8,10H2,1-2H3,(H,19,20)(H,18,21,22). The first kappa shape index (κ1) is 16.7. The molecule has 0 unspecified atom stereocenters. The molecule has 2 N–H and O–H groups in total. The molecule has 5 nitrogen and oxygen atoms in total. The molecule has 0 fully saturated rings. The van der Waals surface area contributed by atoms with E-state index in [-0.39, 0.29) is 5.91 Å². The van der Waals surface area contributed by atoms with Crippen molar-refractivity contribution >= 4 is 34.1 Å². The van der Waals surface area contributed by atoms with Crippen molar-refractivity contribution in [3.63, 3.8) is 0 Å². The Morgan fingerprint density at radius 1 is 1.29 bits per heavy atom. The first-order chi connectivity index (χ1) is 11.6. The maximum Gasteiger partial charge on any atom is 0.236 e. The first-order valence-corrected chi connectivity index (χ1v) is 9.35. The number of imidazole rings is 1. The van der Waals surface area contributed by atoms with Gasteiger partial charge in [0.15, 0.2) is 10.3 Å². The third-order valence-electron chi connectivity index (χ3n) is 3.39. The molecule has 0 spiro atoms. The van der Waals surface area contributed by atoms with Gasteiger partial charge in [-0.25, -0.2) is 9.97 Å². The van der Waals surface area contributed by atoms with Crippen molar-refractivity contribution in [2.45, 2.75) is 25.4 Å². The quantitative estimate of drug-likeness (QED) is 0.658. The van der Waals surface area contributed by atoms with Crippen LogP contribution in [0.3, 0.4) is 0 Å². The minimum absolute atomic E-state index is 0.0759. The number of thiazole rings is 1. The number of nitrogens with zero attached hydrogens (tertiary/aromatic N) is 2. The maximum atomic E-state index is 12.0. The third-order valence-corrected chi connectivity index (χ3v) is 5.09. The van der Waals surface area contributed by atoms with Crippen molar-refractivity contribution in [3.05, 3.63) is 58.4 Å². The van der Waals surface area contributed by atoms with Crippen molar-refractivity contribution < 1.29 is 4.79 Å². The molecule has 0 aliphatic rings. The molecule has 2 heterocycles. The Balaban J connectivity index is 1.56. The number of aryl methyl sites for hydroxylation is 2. The Bertz CT molecular complexity index is 826. The Morgan fingerprint density at radius 2 is 2.08 bits per heavy atom. The van der Waals surface area contributed by atoms with Crippen molar-refractivity contribution in [3.8, 4) is 0 Å². The van der Waals surface area contributed by atoms with Gasteiger partial charge in [0, 0.05) is 23.2 Å². The zero-order chi connectivity index (χ0) is 16.9. The molecule has 7 heteroatoms. The van der Waals surface area contributed by atoms with Crippen LogP contribution < -0.4 is 5.32 Å². The second kappa shape index (κ2) is 7.63. The summed E-state index contributed by atoms with van der Waals surface area (Å²) in [5.74, 6) is 0.226. The van der Waals surface area contributed by atoms with Gasteiger partial charge in [-0.1, -0.05) is 42.1 Å². The monoisotopic (exact) mass is 358 g/mol. The summed E-state index contributed by atoms with van der Waals surface area (Å²) < 4.78 is 0. The predicted octanol–water partition coefficient (Wildman–Crippen LogP) is 3.80. The van der Waals surface area contributed by atoms with Crippen LogP contribution in [0.2, 0.25) is 0 Å². The summed E-state index contributed by atoms with van der Waals surface area (Å²) in [6.45, 7) is 3.97. The average Bonchev–Trinajstić information content (AvgIpc) is 3.12. The number of benzene rings is 1. The molecule has 0 aliphatic carbocycles.